The summed E-state index contributed by atoms with van der Waals surface area (Å²) in [4.78, 5) is 15.1. The van der Waals surface area contributed by atoms with E-state index in [1.54, 1.807) is 4.08 Å². The lowest BCUT2D eigenvalue weighted by Gasteiger charge is -2.20. The summed E-state index contributed by atoms with van der Waals surface area (Å²) in [6.07, 6.45) is -4.15. The van der Waals surface area contributed by atoms with Crippen molar-refractivity contribution in [3.05, 3.63) is 26.3 Å². The molecule has 1 aromatic rings. The summed E-state index contributed by atoms with van der Waals surface area (Å²) in [5, 5.41) is 8.85. The highest BCUT2D eigenvalue weighted by atomic mass is 127. The van der Waals surface area contributed by atoms with Gasteiger partial charge < -0.3 is 15.6 Å². The van der Waals surface area contributed by atoms with E-state index in [4.69, 9.17) is 15.6 Å². The highest BCUT2D eigenvalue weighted by Gasteiger charge is 2.60. The molecule has 10 heteroatoms. The fraction of sp³-hybridized carbons (Fsp3) is 0.455. The zero-order chi connectivity index (χ0) is 15.8. The molecule has 1 aliphatic rings. The molecule has 0 saturated carbocycles. The number of aromatic nitrogens is 2. The van der Waals surface area contributed by atoms with Crippen LogP contribution >= 0.6 is 22.6 Å². The Hall–Kier alpha value is -1.14. The molecule has 3 atom stereocenters. The Morgan fingerprint density at radius 2 is 2.29 bits per heavy atom. The molecule has 0 amide bonds. The van der Waals surface area contributed by atoms with Crippen molar-refractivity contribution in [3.8, 4) is 0 Å². The third-order valence-corrected chi connectivity index (χ3v) is 3.37. The smallest absolute Gasteiger partial charge is 0.351 e. The van der Waals surface area contributed by atoms with Crippen molar-refractivity contribution in [2.24, 2.45) is 0 Å². The molecule has 2 rings (SSSR count). The fourth-order valence-electron chi connectivity index (χ4n) is 1.96. The molecule has 1 fully saturated rings. The molecule has 1 aromatic heterocycles. The monoisotopic (exact) mass is 417 g/mol. The van der Waals surface area contributed by atoms with Crippen molar-refractivity contribution in [2.75, 3.05) is 12.3 Å². The molecule has 0 spiro atoms. The first-order valence-corrected chi connectivity index (χ1v) is 7.01. The molecule has 1 saturated heterocycles. The summed E-state index contributed by atoms with van der Waals surface area (Å²) in [5.41, 5.74) is 4.63. The number of nitrogen functional groups attached to an aromatic ring is 1. The maximum absolute atomic E-state index is 13.9. The SMILES string of the molecule is Nc1nc(=O)n(C2OC(CO)C(F)C2(F)F)cc1/C=C\I. The normalized spacial score (nSPS) is 28.3. The van der Waals surface area contributed by atoms with Crippen LogP contribution in [0.15, 0.2) is 15.1 Å². The van der Waals surface area contributed by atoms with E-state index >= 15 is 0 Å². The van der Waals surface area contributed by atoms with Crippen LogP contribution in [0.3, 0.4) is 0 Å². The van der Waals surface area contributed by atoms with E-state index in [9.17, 15) is 18.0 Å². The Morgan fingerprint density at radius 3 is 2.81 bits per heavy atom. The lowest BCUT2D eigenvalue weighted by Crippen LogP contribution is -2.40. The van der Waals surface area contributed by atoms with Crippen LogP contribution in [0.1, 0.15) is 11.8 Å². The Balaban J connectivity index is 2.51. The number of halogens is 4. The first-order chi connectivity index (χ1) is 9.82. The van der Waals surface area contributed by atoms with E-state index in [1.165, 1.54) is 6.08 Å². The molecule has 3 N–H and O–H groups in total. The summed E-state index contributed by atoms with van der Waals surface area (Å²) in [6, 6.07) is 0. The fourth-order valence-corrected chi connectivity index (χ4v) is 2.34. The number of aliphatic hydroxyl groups is 1. The number of nitrogens with two attached hydrogens (primary N) is 1. The van der Waals surface area contributed by atoms with Gasteiger partial charge in [0.2, 0.25) is 6.23 Å². The van der Waals surface area contributed by atoms with Gasteiger partial charge in [-0.3, -0.25) is 4.57 Å². The summed E-state index contributed by atoms with van der Waals surface area (Å²) in [7, 11) is 0. The molecular formula is C11H11F3IN3O3. The van der Waals surface area contributed by atoms with Gasteiger partial charge in [0.15, 0.2) is 6.17 Å². The number of aliphatic hydroxyl groups excluding tert-OH is 1. The maximum Gasteiger partial charge on any atom is 0.351 e. The lowest BCUT2D eigenvalue weighted by molar-refractivity contribution is -0.130. The molecule has 1 aliphatic heterocycles. The predicted molar refractivity (Wildman–Crippen MR) is 76.8 cm³/mol. The van der Waals surface area contributed by atoms with Crippen LogP contribution in [0, 0.1) is 0 Å². The number of anilines is 1. The van der Waals surface area contributed by atoms with Crippen molar-refractivity contribution in [1.82, 2.24) is 9.55 Å². The third-order valence-electron chi connectivity index (χ3n) is 3.01. The van der Waals surface area contributed by atoms with Gasteiger partial charge in [-0.15, -0.1) is 0 Å². The van der Waals surface area contributed by atoms with Crippen LogP contribution < -0.4 is 11.4 Å². The van der Waals surface area contributed by atoms with Gasteiger partial charge in [0.1, 0.15) is 11.9 Å². The van der Waals surface area contributed by atoms with Crippen LogP contribution in [0.25, 0.3) is 6.08 Å². The molecule has 0 radical (unpaired) electrons. The van der Waals surface area contributed by atoms with Crippen molar-refractivity contribution in [2.45, 2.75) is 24.4 Å². The minimum absolute atomic E-state index is 0.138. The zero-order valence-corrected chi connectivity index (χ0v) is 12.6. The molecular weight excluding hydrogens is 406 g/mol. The molecule has 0 aromatic carbocycles. The first kappa shape index (κ1) is 16.2. The average Bonchev–Trinajstić information content (AvgIpc) is 2.65. The van der Waals surface area contributed by atoms with Crippen LogP contribution in [0.5, 0.6) is 0 Å². The molecule has 6 nitrogen and oxygen atoms in total. The second-order valence-corrected chi connectivity index (χ2v) is 5.07. The van der Waals surface area contributed by atoms with Crippen molar-refractivity contribution >= 4 is 34.5 Å². The van der Waals surface area contributed by atoms with Gasteiger partial charge in [0.25, 0.3) is 0 Å². The Morgan fingerprint density at radius 1 is 1.62 bits per heavy atom. The number of rotatable bonds is 3. The molecule has 21 heavy (non-hydrogen) atoms. The largest absolute Gasteiger partial charge is 0.394 e. The number of alkyl halides is 3. The molecule has 3 unspecified atom stereocenters. The maximum atomic E-state index is 13.9. The quantitative estimate of drug-likeness (QED) is 0.720. The summed E-state index contributed by atoms with van der Waals surface area (Å²) in [6.45, 7) is -0.926. The van der Waals surface area contributed by atoms with E-state index in [1.807, 2.05) is 22.6 Å². The highest BCUT2D eigenvalue weighted by Crippen LogP contribution is 2.43. The minimum Gasteiger partial charge on any atom is -0.394 e. The van der Waals surface area contributed by atoms with E-state index in [0.717, 1.165) is 6.20 Å². The van der Waals surface area contributed by atoms with E-state index in [0.29, 0.717) is 4.57 Å². The van der Waals surface area contributed by atoms with Crippen LogP contribution in [-0.2, 0) is 4.74 Å². The second kappa shape index (κ2) is 5.93. The topological polar surface area (TPSA) is 90.4 Å². The van der Waals surface area contributed by atoms with Gasteiger partial charge in [-0.05, 0) is 10.2 Å². The number of nitrogens with zero attached hydrogens (tertiary/aromatic N) is 2. The van der Waals surface area contributed by atoms with Gasteiger partial charge in [0, 0.05) is 11.8 Å². The standard InChI is InChI=1S/C11H11F3IN3O3/c12-7-6(4-19)21-9(11(7,13)14)18-3-5(1-2-15)8(16)17-10(18)20/h1-3,6-7,9,19H,4H2,(H2,16,17,20)/b2-1-. The lowest BCUT2D eigenvalue weighted by atomic mass is 10.1. The number of hydrogen-bond donors (Lipinski definition) is 2. The van der Waals surface area contributed by atoms with Crippen molar-refractivity contribution < 1.29 is 23.0 Å². The average molecular weight is 417 g/mol. The van der Waals surface area contributed by atoms with Gasteiger partial charge in [-0.2, -0.15) is 13.8 Å². The van der Waals surface area contributed by atoms with E-state index in [2.05, 4.69) is 4.98 Å². The molecule has 116 valence electrons. The van der Waals surface area contributed by atoms with Crippen LogP contribution in [0.2, 0.25) is 0 Å². The minimum atomic E-state index is -3.97. The van der Waals surface area contributed by atoms with Gasteiger partial charge in [0.05, 0.1) is 6.61 Å². The van der Waals surface area contributed by atoms with Crippen LogP contribution in [0.4, 0.5) is 19.0 Å². The van der Waals surface area contributed by atoms with Gasteiger partial charge in [-0.1, -0.05) is 22.6 Å². The highest BCUT2D eigenvalue weighted by molar-refractivity contribution is 14.1. The van der Waals surface area contributed by atoms with Crippen LogP contribution in [-0.4, -0.2) is 39.5 Å². The summed E-state index contributed by atoms with van der Waals surface area (Å²) >= 11 is 1.87. The Bertz CT molecular complexity index is 622. The van der Waals surface area contributed by atoms with Gasteiger partial charge >= 0.3 is 11.6 Å². The molecule has 2 heterocycles. The Kier molecular flexibility index (Phi) is 4.58. The third kappa shape index (κ3) is 2.79. The zero-order valence-electron chi connectivity index (χ0n) is 10.4. The molecule has 0 aliphatic carbocycles. The predicted octanol–water partition coefficient (Wildman–Crippen LogP) is 1.09. The summed E-state index contributed by atoms with van der Waals surface area (Å²) < 4.78 is 48.1. The van der Waals surface area contributed by atoms with Crippen molar-refractivity contribution in [1.29, 1.82) is 0 Å². The number of hydrogen-bond acceptors (Lipinski definition) is 5. The van der Waals surface area contributed by atoms with Gasteiger partial charge in [-0.25, -0.2) is 9.18 Å². The summed E-state index contributed by atoms with van der Waals surface area (Å²) in [5.74, 6) is -4.11. The number of ether oxygens (including phenoxy) is 1. The Labute approximate surface area is 130 Å². The van der Waals surface area contributed by atoms with E-state index < -0.39 is 36.7 Å². The second-order valence-electron chi connectivity index (χ2n) is 4.35. The van der Waals surface area contributed by atoms with Crippen molar-refractivity contribution in [3.63, 3.8) is 0 Å². The first-order valence-electron chi connectivity index (χ1n) is 5.76. The molecule has 0 bridgehead atoms. The van der Waals surface area contributed by atoms with E-state index in [-0.39, 0.29) is 11.4 Å².